The van der Waals surface area contributed by atoms with E-state index in [1.165, 1.54) is 5.56 Å². The van der Waals surface area contributed by atoms with Gasteiger partial charge in [-0.05, 0) is 18.9 Å². The van der Waals surface area contributed by atoms with E-state index in [-0.39, 0.29) is 12.1 Å². The van der Waals surface area contributed by atoms with Gasteiger partial charge in [-0.2, -0.15) is 0 Å². The fourth-order valence-electron chi connectivity index (χ4n) is 2.12. The summed E-state index contributed by atoms with van der Waals surface area (Å²) in [4.78, 5) is 4.20. The lowest BCUT2D eigenvalue weighted by Gasteiger charge is -2.17. The van der Waals surface area contributed by atoms with Crippen molar-refractivity contribution in [2.45, 2.75) is 32.0 Å². The smallest absolute Gasteiger partial charge is 0.0949 e. The Hall–Kier alpha value is -1.65. The largest absolute Gasteiger partial charge is 0.380 e. The summed E-state index contributed by atoms with van der Waals surface area (Å²) in [7, 11) is 1.71. The third kappa shape index (κ3) is 3.66. The van der Waals surface area contributed by atoms with Gasteiger partial charge in [0.2, 0.25) is 0 Å². The van der Waals surface area contributed by atoms with Gasteiger partial charge in [0.25, 0.3) is 0 Å². The summed E-state index contributed by atoms with van der Waals surface area (Å²) < 4.78 is 7.36. The maximum absolute atomic E-state index is 6.29. The number of aromatic nitrogens is 2. The first kappa shape index (κ1) is 13.8. The molecule has 4 nitrogen and oxygen atoms in total. The second-order valence-corrected chi connectivity index (χ2v) is 4.81. The molecule has 2 rings (SSSR count). The molecule has 0 amide bonds. The number of ether oxygens (including phenoxy) is 1. The molecule has 1 aromatic heterocycles. The zero-order valence-electron chi connectivity index (χ0n) is 11.5. The highest BCUT2D eigenvalue weighted by Gasteiger charge is 2.13. The molecule has 1 heterocycles. The highest BCUT2D eigenvalue weighted by molar-refractivity contribution is 5.18. The molecular formula is C15H21N3O. The molecule has 1 aromatic carbocycles. The predicted molar refractivity (Wildman–Crippen MR) is 75.8 cm³/mol. The molecule has 102 valence electrons. The molecule has 0 aliphatic rings. The van der Waals surface area contributed by atoms with Crippen LogP contribution in [0.2, 0.25) is 0 Å². The van der Waals surface area contributed by atoms with E-state index < -0.39 is 0 Å². The van der Waals surface area contributed by atoms with Crippen LogP contribution in [-0.2, 0) is 17.7 Å². The van der Waals surface area contributed by atoms with Gasteiger partial charge < -0.3 is 15.0 Å². The van der Waals surface area contributed by atoms with Crippen molar-refractivity contribution in [1.29, 1.82) is 0 Å². The first-order chi connectivity index (χ1) is 9.20. The van der Waals surface area contributed by atoms with Gasteiger partial charge in [0, 0.05) is 19.9 Å². The molecule has 0 bridgehead atoms. The molecule has 2 atom stereocenters. The van der Waals surface area contributed by atoms with E-state index in [9.17, 15) is 0 Å². The Bertz CT molecular complexity index is 495. The lowest BCUT2D eigenvalue weighted by Crippen LogP contribution is -2.21. The molecule has 0 aliphatic heterocycles. The minimum atomic E-state index is -0.0473. The minimum absolute atomic E-state index is 0.0473. The van der Waals surface area contributed by atoms with Gasteiger partial charge in [0.15, 0.2) is 0 Å². The van der Waals surface area contributed by atoms with Gasteiger partial charge >= 0.3 is 0 Å². The molecule has 0 fully saturated rings. The predicted octanol–water partition coefficient (Wildman–Crippen LogP) is 2.16. The van der Waals surface area contributed by atoms with Gasteiger partial charge in [0.05, 0.1) is 24.2 Å². The van der Waals surface area contributed by atoms with Crippen molar-refractivity contribution in [3.05, 3.63) is 54.1 Å². The van der Waals surface area contributed by atoms with Crippen LogP contribution in [0.3, 0.4) is 0 Å². The summed E-state index contributed by atoms with van der Waals surface area (Å²) in [5.74, 6) is 0. The summed E-state index contributed by atoms with van der Waals surface area (Å²) in [6, 6.07) is 10.2. The lowest BCUT2D eigenvalue weighted by molar-refractivity contribution is 0.102. The van der Waals surface area contributed by atoms with E-state index >= 15 is 0 Å². The number of rotatable bonds is 6. The average Bonchev–Trinajstić information content (AvgIpc) is 2.88. The van der Waals surface area contributed by atoms with Crippen LogP contribution in [0, 0.1) is 0 Å². The van der Waals surface area contributed by atoms with Crippen LogP contribution in [0.4, 0.5) is 0 Å². The van der Waals surface area contributed by atoms with Crippen LogP contribution in [-0.4, -0.2) is 22.8 Å². The van der Waals surface area contributed by atoms with Crippen molar-refractivity contribution in [1.82, 2.24) is 9.55 Å². The summed E-state index contributed by atoms with van der Waals surface area (Å²) in [5.41, 5.74) is 8.58. The number of nitrogens with two attached hydrogens (primary N) is 1. The van der Waals surface area contributed by atoms with Crippen molar-refractivity contribution in [2.24, 2.45) is 5.73 Å². The average molecular weight is 259 g/mol. The zero-order chi connectivity index (χ0) is 13.7. The standard InChI is InChI=1S/C15H21N3O/c1-12(19-2)10-18-11-17-9-15(18)14(16)8-13-6-4-3-5-7-13/h3-7,9,11-12,14H,8,10,16H2,1-2H3/t12?,14-/m1/s1. The lowest BCUT2D eigenvalue weighted by atomic mass is 10.0. The maximum Gasteiger partial charge on any atom is 0.0949 e. The number of nitrogens with zero attached hydrogens (tertiary/aromatic N) is 2. The van der Waals surface area contributed by atoms with Crippen molar-refractivity contribution >= 4 is 0 Å². The number of benzene rings is 1. The van der Waals surface area contributed by atoms with Crippen LogP contribution in [0.1, 0.15) is 24.2 Å². The Labute approximate surface area is 114 Å². The Morgan fingerprint density at radius 3 is 2.74 bits per heavy atom. The van der Waals surface area contributed by atoms with Gasteiger partial charge in [-0.3, -0.25) is 0 Å². The van der Waals surface area contributed by atoms with Gasteiger partial charge in [-0.25, -0.2) is 4.98 Å². The van der Waals surface area contributed by atoms with Crippen LogP contribution in [0.25, 0.3) is 0 Å². The van der Waals surface area contributed by atoms with Gasteiger partial charge in [0.1, 0.15) is 0 Å². The maximum atomic E-state index is 6.29. The zero-order valence-corrected chi connectivity index (χ0v) is 11.5. The van der Waals surface area contributed by atoms with Gasteiger partial charge in [-0.1, -0.05) is 30.3 Å². The van der Waals surface area contributed by atoms with Crippen LogP contribution in [0.15, 0.2) is 42.9 Å². The Kier molecular flexibility index (Phi) is 4.71. The first-order valence-electron chi connectivity index (χ1n) is 6.53. The van der Waals surface area contributed by atoms with Crippen molar-refractivity contribution in [2.75, 3.05) is 7.11 Å². The summed E-state index contributed by atoms with van der Waals surface area (Å²) in [6.07, 6.45) is 4.62. The van der Waals surface area contributed by atoms with E-state index in [0.717, 1.165) is 18.7 Å². The molecular weight excluding hydrogens is 238 g/mol. The van der Waals surface area contributed by atoms with E-state index in [1.807, 2.05) is 37.6 Å². The number of hydrogen-bond donors (Lipinski definition) is 1. The normalized spacial score (nSPS) is 14.3. The fourth-order valence-corrected chi connectivity index (χ4v) is 2.12. The topological polar surface area (TPSA) is 53.1 Å². The monoisotopic (exact) mass is 259 g/mol. The summed E-state index contributed by atoms with van der Waals surface area (Å²) >= 11 is 0. The minimum Gasteiger partial charge on any atom is -0.380 e. The second-order valence-electron chi connectivity index (χ2n) is 4.81. The SMILES string of the molecule is COC(C)Cn1cncc1[C@H](N)Cc1ccccc1. The molecule has 0 spiro atoms. The molecule has 2 N–H and O–H groups in total. The van der Waals surface area contributed by atoms with Crippen LogP contribution in [0.5, 0.6) is 0 Å². The number of hydrogen-bond acceptors (Lipinski definition) is 3. The summed E-state index contributed by atoms with van der Waals surface area (Å²) in [6.45, 7) is 2.81. The molecule has 0 aliphatic carbocycles. The Morgan fingerprint density at radius 1 is 1.32 bits per heavy atom. The Morgan fingerprint density at radius 2 is 2.05 bits per heavy atom. The molecule has 0 saturated heterocycles. The highest BCUT2D eigenvalue weighted by Crippen LogP contribution is 2.16. The Balaban J connectivity index is 2.07. The van der Waals surface area contributed by atoms with Crippen LogP contribution >= 0.6 is 0 Å². The van der Waals surface area contributed by atoms with E-state index in [4.69, 9.17) is 10.5 Å². The molecule has 0 saturated carbocycles. The fraction of sp³-hybridized carbons (Fsp3) is 0.400. The quantitative estimate of drug-likeness (QED) is 0.865. The first-order valence-corrected chi connectivity index (χ1v) is 6.53. The molecule has 19 heavy (non-hydrogen) atoms. The summed E-state index contributed by atoms with van der Waals surface area (Å²) in [5, 5.41) is 0. The van der Waals surface area contributed by atoms with E-state index in [0.29, 0.717) is 0 Å². The highest BCUT2D eigenvalue weighted by atomic mass is 16.5. The number of imidazole rings is 1. The van der Waals surface area contributed by atoms with Crippen molar-refractivity contribution in [3.63, 3.8) is 0 Å². The van der Waals surface area contributed by atoms with Crippen molar-refractivity contribution < 1.29 is 4.74 Å². The van der Waals surface area contributed by atoms with E-state index in [1.54, 1.807) is 7.11 Å². The molecule has 4 heteroatoms. The number of methoxy groups -OCH3 is 1. The van der Waals surface area contributed by atoms with Gasteiger partial charge in [-0.15, -0.1) is 0 Å². The van der Waals surface area contributed by atoms with E-state index in [2.05, 4.69) is 21.7 Å². The third-order valence-corrected chi connectivity index (χ3v) is 3.28. The molecule has 0 radical (unpaired) electrons. The third-order valence-electron chi connectivity index (χ3n) is 3.28. The molecule has 2 aromatic rings. The molecule has 1 unspecified atom stereocenters. The second kappa shape index (κ2) is 6.50. The van der Waals surface area contributed by atoms with Crippen molar-refractivity contribution in [3.8, 4) is 0 Å². The van der Waals surface area contributed by atoms with Crippen LogP contribution < -0.4 is 5.73 Å².